The fraction of sp³-hybridized carbons (Fsp3) is 0.647. The lowest BCUT2D eigenvalue weighted by atomic mass is 9.83. The van der Waals surface area contributed by atoms with E-state index in [9.17, 15) is 0 Å². The van der Waals surface area contributed by atoms with Gasteiger partial charge in [-0.15, -0.1) is 0 Å². The van der Waals surface area contributed by atoms with Gasteiger partial charge in [0.05, 0.1) is 0 Å². The molecule has 1 aliphatic heterocycles. The lowest BCUT2D eigenvalue weighted by Crippen LogP contribution is -2.43. The highest BCUT2D eigenvalue weighted by Gasteiger charge is 2.17. The maximum absolute atomic E-state index is 2.56. The van der Waals surface area contributed by atoms with Gasteiger partial charge in [0.2, 0.25) is 0 Å². The van der Waals surface area contributed by atoms with E-state index in [0.29, 0.717) is 0 Å². The fourth-order valence-electron chi connectivity index (χ4n) is 2.93. The zero-order valence-electron chi connectivity index (χ0n) is 13.2. The minimum absolute atomic E-state index is 0.246. The van der Waals surface area contributed by atoms with E-state index in [1.165, 1.54) is 42.9 Å². The number of aryl methyl sites for hydroxylation is 1. The molecule has 1 aromatic rings. The van der Waals surface area contributed by atoms with Gasteiger partial charge in [0.1, 0.15) is 0 Å². The standard InChI is InChI=1S/C17H28N2/c1-14-12-15(6-7-16(14)17(2,3)4)13-19-10-8-18(5)9-11-19/h6-7,12H,8-11,13H2,1-5H3. The van der Waals surface area contributed by atoms with Crippen molar-refractivity contribution < 1.29 is 0 Å². The van der Waals surface area contributed by atoms with Crippen LogP contribution >= 0.6 is 0 Å². The molecule has 106 valence electrons. The molecular weight excluding hydrogens is 232 g/mol. The molecule has 0 aromatic heterocycles. The summed E-state index contributed by atoms with van der Waals surface area (Å²) in [7, 11) is 2.21. The van der Waals surface area contributed by atoms with E-state index in [2.05, 4.69) is 62.7 Å². The SMILES string of the molecule is Cc1cc(CN2CCN(C)CC2)ccc1C(C)(C)C. The summed E-state index contributed by atoms with van der Waals surface area (Å²) in [6.45, 7) is 15.0. The molecule has 0 aliphatic carbocycles. The van der Waals surface area contributed by atoms with Crippen LogP contribution < -0.4 is 0 Å². The first kappa shape index (κ1) is 14.5. The summed E-state index contributed by atoms with van der Waals surface area (Å²) in [4.78, 5) is 4.97. The van der Waals surface area contributed by atoms with Crippen molar-refractivity contribution in [1.82, 2.24) is 9.80 Å². The van der Waals surface area contributed by atoms with Crippen LogP contribution in [0.15, 0.2) is 18.2 Å². The first-order valence-electron chi connectivity index (χ1n) is 7.37. The number of hydrogen-bond donors (Lipinski definition) is 0. The van der Waals surface area contributed by atoms with Crippen LogP contribution in [0, 0.1) is 6.92 Å². The van der Waals surface area contributed by atoms with Crippen molar-refractivity contribution in [3.63, 3.8) is 0 Å². The van der Waals surface area contributed by atoms with Crippen molar-refractivity contribution >= 4 is 0 Å². The molecule has 0 spiro atoms. The van der Waals surface area contributed by atoms with Crippen LogP contribution in [-0.4, -0.2) is 43.0 Å². The minimum Gasteiger partial charge on any atom is -0.304 e. The molecular formula is C17H28N2. The zero-order chi connectivity index (χ0) is 14.0. The van der Waals surface area contributed by atoms with Gasteiger partial charge in [-0.3, -0.25) is 4.90 Å². The Morgan fingerprint density at radius 1 is 1.05 bits per heavy atom. The van der Waals surface area contributed by atoms with Gasteiger partial charge in [0.25, 0.3) is 0 Å². The lowest BCUT2D eigenvalue weighted by Gasteiger charge is -2.32. The van der Waals surface area contributed by atoms with E-state index in [1.807, 2.05) is 0 Å². The third-order valence-corrected chi connectivity index (χ3v) is 4.10. The minimum atomic E-state index is 0.246. The van der Waals surface area contributed by atoms with Gasteiger partial charge in [0, 0.05) is 32.7 Å². The summed E-state index contributed by atoms with van der Waals surface area (Å²) in [5, 5.41) is 0. The number of piperazine rings is 1. The Bertz CT molecular complexity index is 423. The van der Waals surface area contributed by atoms with Gasteiger partial charge in [0.15, 0.2) is 0 Å². The summed E-state index contributed by atoms with van der Waals surface area (Å²) in [6.07, 6.45) is 0. The molecule has 19 heavy (non-hydrogen) atoms. The van der Waals surface area contributed by atoms with Crippen LogP contribution in [0.1, 0.15) is 37.5 Å². The van der Waals surface area contributed by atoms with Crippen LogP contribution in [0.5, 0.6) is 0 Å². The van der Waals surface area contributed by atoms with Gasteiger partial charge in [-0.25, -0.2) is 0 Å². The van der Waals surface area contributed by atoms with Crippen molar-refractivity contribution in [3.05, 3.63) is 34.9 Å². The monoisotopic (exact) mass is 260 g/mol. The maximum Gasteiger partial charge on any atom is 0.0234 e. The number of nitrogens with zero attached hydrogens (tertiary/aromatic N) is 2. The van der Waals surface area contributed by atoms with Gasteiger partial charge in [-0.1, -0.05) is 39.0 Å². The highest BCUT2D eigenvalue weighted by Crippen LogP contribution is 2.26. The van der Waals surface area contributed by atoms with E-state index >= 15 is 0 Å². The van der Waals surface area contributed by atoms with Crippen LogP contribution in [0.3, 0.4) is 0 Å². The molecule has 2 rings (SSSR count). The van der Waals surface area contributed by atoms with E-state index in [0.717, 1.165) is 6.54 Å². The summed E-state index contributed by atoms with van der Waals surface area (Å²) in [6, 6.07) is 7.01. The Hall–Kier alpha value is -0.860. The van der Waals surface area contributed by atoms with Gasteiger partial charge in [-0.2, -0.15) is 0 Å². The molecule has 2 heteroatoms. The molecule has 0 atom stereocenters. The first-order chi connectivity index (χ1) is 8.86. The zero-order valence-corrected chi connectivity index (χ0v) is 13.2. The molecule has 0 saturated carbocycles. The van der Waals surface area contributed by atoms with Crippen molar-refractivity contribution in [3.8, 4) is 0 Å². The van der Waals surface area contributed by atoms with E-state index < -0.39 is 0 Å². The second-order valence-corrected chi connectivity index (χ2v) is 6.98. The second-order valence-electron chi connectivity index (χ2n) is 6.98. The van der Waals surface area contributed by atoms with Crippen LogP contribution in [-0.2, 0) is 12.0 Å². The molecule has 1 aromatic carbocycles. The maximum atomic E-state index is 2.56. The number of rotatable bonds is 2. The van der Waals surface area contributed by atoms with Gasteiger partial charge < -0.3 is 4.90 Å². The van der Waals surface area contributed by atoms with Crippen molar-refractivity contribution in [2.45, 2.75) is 39.7 Å². The molecule has 0 unspecified atom stereocenters. The third kappa shape index (κ3) is 3.80. The molecule has 0 radical (unpaired) electrons. The molecule has 0 amide bonds. The summed E-state index contributed by atoms with van der Waals surface area (Å²) in [5.41, 5.74) is 4.60. The Morgan fingerprint density at radius 3 is 2.21 bits per heavy atom. The van der Waals surface area contributed by atoms with Crippen LogP contribution in [0.25, 0.3) is 0 Å². The normalized spacial score (nSPS) is 18.8. The molecule has 0 bridgehead atoms. The molecule has 2 nitrogen and oxygen atoms in total. The largest absolute Gasteiger partial charge is 0.304 e. The highest BCUT2D eigenvalue weighted by atomic mass is 15.2. The first-order valence-corrected chi connectivity index (χ1v) is 7.37. The average molecular weight is 260 g/mol. The van der Waals surface area contributed by atoms with Crippen LogP contribution in [0.4, 0.5) is 0 Å². The molecule has 1 aliphatic rings. The Morgan fingerprint density at radius 2 is 1.68 bits per heavy atom. The average Bonchev–Trinajstić information content (AvgIpc) is 2.30. The molecule has 1 fully saturated rings. The third-order valence-electron chi connectivity index (χ3n) is 4.10. The Kier molecular flexibility index (Phi) is 4.32. The number of likely N-dealkylation sites (N-methyl/N-ethyl adjacent to an activating group) is 1. The van der Waals surface area contributed by atoms with E-state index in [4.69, 9.17) is 0 Å². The molecule has 1 heterocycles. The van der Waals surface area contributed by atoms with E-state index in [-0.39, 0.29) is 5.41 Å². The Balaban J connectivity index is 2.04. The van der Waals surface area contributed by atoms with Crippen LogP contribution in [0.2, 0.25) is 0 Å². The summed E-state index contributed by atoms with van der Waals surface area (Å²) < 4.78 is 0. The smallest absolute Gasteiger partial charge is 0.0234 e. The van der Waals surface area contributed by atoms with Crippen molar-refractivity contribution in [2.24, 2.45) is 0 Å². The van der Waals surface area contributed by atoms with E-state index in [1.54, 1.807) is 0 Å². The van der Waals surface area contributed by atoms with Gasteiger partial charge in [-0.05, 0) is 36.1 Å². The highest BCUT2D eigenvalue weighted by molar-refractivity contribution is 5.35. The lowest BCUT2D eigenvalue weighted by molar-refractivity contribution is 0.148. The molecule has 0 N–H and O–H groups in total. The van der Waals surface area contributed by atoms with Crippen molar-refractivity contribution in [2.75, 3.05) is 33.2 Å². The number of hydrogen-bond acceptors (Lipinski definition) is 2. The Labute approximate surface area is 118 Å². The predicted octanol–water partition coefficient (Wildman–Crippen LogP) is 3.04. The van der Waals surface area contributed by atoms with Crippen molar-refractivity contribution in [1.29, 1.82) is 0 Å². The summed E-state index contributed by atoms with van der Waals surface area (Å²) >= 11 is 0. The van der Waals surface area contributed by atoms with Gasteiger partial charge >= 0.3 is 0 Å². The topological polar surface area (TPSA) is 6.48 Å². The quantitative estimate of drug-likeness (QED) is 0.806. The predicted molar refractivity (Wildman–Crippen MR) is 82.7 cm³/mol. The summed E-state index contributed by atoms with van der Waals surface area (Å²) in [5.74, 6) is 0. The molecule has 1 saturated heterocycles. The fourth-order valence-corrected chi connectivity index (χ4v) is 2.93. The number of benzene rings is 1. The second kappa shape index (κ2) is 5.64.